The normalized spacial score (nSPS) is 14.5. The maximum Gasteiger partial charge on any atom is 0.264 e. The summed E-state index contributed by atoms with van der Waals surface area (Å²) in [5.41, 5.74) is 2.21. The molecular formula is C31H37N3O4S2. The van der Waals surface area contributed by atoms with Gasteiger partial charge in [0.15, 0.2) is 0 Å². The Morgan fingerprint density at radius 2 is 1.57 bits per heavy atom. The van der Waals surface area contributed by atoms with E-state index in [1.807, 2.05) is 55.6 Å². The SMILES string of the molecule is CSc1ccc(S(=O)(=O)N(CC(=O)N(Cc2ccccc2)[C@H](C)C(=O)NC2CCCC2)c2ccc(C)cc2)cc1. The molecule has 40 heavy (non-hydrogen) atoms. The van der Waals surface area contributed by atoms with Gasteiger partial charge in [0, 0.05) is 17.5 Å². The molecule has 3 aromatic rings. The van der Waals surface area contributed by atoms with Gasteiger partial charge in [-0.05, 0) is 74.9 Å². The Balaban J connectivity index is 1.66. The molecule has 1 atom stereocenters. The summed E-state index contributed by atoms with van der Waals surface area (Å²) in [5, 5.41) is 3.09. The zero-order chi connectivity index (χ0) is 28.7. The molecule has 0 aliphatic heterocycles. The number of sulfonamides is 1. The van der Waals surface area contributed by atoms with Gasteiger partial charge in [-0.25, -0.2) is 8.42 Å². The van der Waals surface area contributed by atoms with Crippen LogP contribution in [0.4, 0.5) is 5.69 Å². The highest BCUT2D eigenvalue weighted by atomic mass is 32.2. The molecule has 0 radical (unpaired) electrons. The smallest absolute Gasteiger partial charge is 0.264 e. The van der Waals surface area contributed by atoms with Gasteiger partial charge in [0.1, 0.15) is 12.6 Å². The zero-order valence-corrected chi connectivity index (χ0v) is 24.9. The van der Waals surface area contributed by atoms with Crippen molar-refractivity contribution in [1.82, 2.24) is 10.2 Å². The number of amides is 2. The van der Waals surface area contributed by atoms with Gasteiger partial charge in [0.2, 0.25) is 11.8 Å². The van der Waals surface area contributed by atoms with Crippen molar-refractivity contribution in [3.8, 4) is 0 Å². The van der Waals surface area contributed by atoms with Crippen LogP contribution in [0.1, 0.15) is 43.7 Å². The highest BCUT2D eigenvalue weighted by Gasteiger charge is 2.33. The molecule has 1 N–H and O–H groups in total. The van der Waals surface area contributed by atoms with Crippen LogP contribution < -0.4 is 9.62 Å². The van der Waals surface area contributed by atoms with Gasteiger partial charge >= 0.3 is 0 Å². The molecule has 1 aliphatic carbocycles. The molecule has 7 nitrogen and oxygen atoms in total. The number of hydrogen-bond acceptors (Lipinski definition) is 5. The van der Waals surface area contributed by atoms with Crippen molar-refractivity contribution in [3.05, 3.63) is 90.0 Å². The molecule has 0 unspecified atom stereocenters. The van der Waals surface area contributed by atoms with Gasteiger partial charge in [-0.2, -0.15) is 0 Å². The van der Waals surface area contributed by atoms with Crippen LogP contribution in [0.25, 0.3) is 0 Å². The van der Waals surface area contributed by atoms with Crippen molar-refractivity contribution < 1.29 is 18.0 Å². The predicted molar refractivity (Wildman–Crippen MR) is 161 cm³/mol. The van der Waals surface area contributed by atoms with E-state index in [2.05, 4.69) is 5.32 Å². The number of carbonyl (C=O) groups is 2. The van der Waals surface area contributed by atoms with Crippen LogP contribution in [-0.2, 0) is 26.2 Å². The largest absolute Gasteiger partial charge is 0.352 e. The number of carbonyl (C=O) groups excluding carboxylic acids is 2. The monoisotopic (exact) mass is 579 g/mol. The van der Waals surface area contributed by atoms with Crippen molar-refractivity contribution in [2.75, 3.05) is 17.1 Å². The lowest BCUT2D eigenvalue weighted by atomic mass is 10.1. The van der Waals surface area contributed by atoms with Gasteiger partial charge in [0.05, 0.1) is 10.6 Å². The van der Waals surface area contributed by atoms with E-state index in [4.69, 9.17) is 0 Å². The van der Waals surface area contributed by atoms with E-state index in [1.54, 1.807) is 43.3 Å². The molecule has 3 aromatic carbocycles. The molecule has 1 aliphatic rings. The average Bonchev–Trinajstić information content (AvgIpc) is 3.48. The van der Waals surface area contributed by atoms with Crippen molar-refractivity contribution >= 4 is 39.3 Å². The summed E-state index contributed by atoms with van der Waals surface area (Å²) in [7, 11) is -4.08. The van der Waals surface area contributed by atoms with Crippen LogP contribution in [0.5, 0.6) is 0 Å². The van der Waals surface area contributed by atoms with Gasteiger partial charge < -0.3 is 10.2 Å². The Labute approximate surface area is 242 Å². The van der Waals surface area contributed by atoms with Gasteiger partial charge in [0.25, 0.3) is 10.0 Å². The minimum Gasteiger partial charge on any atom is -0.352 e. The summed E-state index contributed by atoms with van der Waals surface area (Å²) < 4.78 is 29.0. The molecule has 0 aromatic heterocycles. The lowest BCUT2D eigenvalue weighted by Gasteiger charge is -2.32. The van der Waals surface area contributed by atoms with Crippen molar-refractivity contribution in [1.29, 1.82) is 0 Å². The van der Waals surface area contributed by atoms with Crippen LogP contribution in [-0.4, -0.2) is 50.0 Å². The van der Waals surface area contributed by atoms with E-state index in [0.717, 1.165) is 46.0 Å². The number of nitrogens with one attached hydrogen (secondary N) is 1. The fourth-order valence-electron chi connectivity index (χ4n) is 4.87. The van der Waals surface area contributed by atoms with Crippen LogP contribution >= 0.6 is 11.8 Å². The van der Waals surface area contributed by atoms with Crippen molar-refractivity contribution in [2.24, 2.45) is 0 Å². The number of nitrogens with zero attached hydrogens (tertiary/aromatic N) is 2. The second-order valence-electron chi connectivity index (χ2n) is 10.2. The molecule has 0 saturated heterocycles. The Bertz CT molecular complexity index is 1390. The Kier molecular flexibility index (Phi) is 9.92. The molecule has 212 valence electrons. The molecule has 2 amide bonds. The quantitative estimate of drug-likeness (QED) is 0.308. The van der Waals surface area contributed by atoms with Crippen molar-refractivity contribution in [2.45, 2.75) is 68.0 Å². The molecule has 1 fully saturated rings. The van der Waals surface area contributed by atoms with E-state index in [-0.39, 0.29) is 23.4 Å². The van der Waals surface area contributed by atoms with Gasteiger partial charge in [-0.15, -0.1) is 11.8 Å². The maximum atomic E-state index is 14.0. The third kappa shape index (κ3) is 7.26. The molecule has 4 rings (SSSR count). The highest BCUT2D eigenvalue weighted by Crippen LogP contribution is 2.27. The van der Waals surface area contributed by atoms with E-state index in [0.29, 0.717) is 5.69 Å². The molecule has 1 saturated carbocycles. The molecule has 9 heteroatoms. The van der Waals surface area contributed by atoms with E-state index >= 15 is 0 Å². The average molecular weight is 580 g/mol. The van der Waals surface area contributed by atoms with Gasteiger partial charge in [-0.1, -0.05) is 60.9 Å². The van der Waals surface area contributed by atoms with E-state index in [9.17, 15) is 18.0 Å². The molecule has 0 heterocycles. The zero-order valence-electron chi connectivity index (χ0n) is 23.2. The predicted octanol–water partition coefficient (Wildman–Crippen LogP) is 5.39. The molecular weight excluding hydrogens is 542 g/mol. The fourth-order valence-corrected chi connectivity index (χ4v) is 6.69. The number of anilines is 1. The second-order valence-corrected chi connectivity index (χ2v) is 12.9. The first-order valence-corrected chi connectivity index (χ1v) is 16.2. The number of rotatable bonds is 11. The minimum absolute atomic E-state index is 0.0975. The first-order chi connectivity index (χ1) is 19.2. The third-order valence-corrected chi connectivity index (χ3v) is 9.84. The van der Waals surface area contributed by atoms with Crippen LogP contribution in [0, 0.1) is 6.92 Å². The van der Waals surface area contributed by atoms with Crippen LogP contribution in [0.3, 0.4) is 0 Å². The Morgan fingerprint density at radius 1 is 0.950 bits per heavy atom. The number of hydrogen-bond donors (Lipinski definition) is 1. The minimum atomic E-state index is -4.08. The second kappa shape index (κ2) is 13.4. The van der Waals surface area contributed by atoms with E-state index in [1.165, 1.54) is 16.7 Å². The first kappa shape index (κ1) is 29.7. The highest BCUT2D eigenvalue weighted by molar-refractivity contribution is 7.98. The topological polar surface area (TPSA) is 86.8 Å². The van der Waals surface area contributed by atoms with Gasteiger partial charge in [-0.3, -0.25) is 13.9 Å². The van der Waals surface area contributed by atoms with Crippen LogP contribution in [0.15, 0.2) is 88.7 Å². The molecule has 0 bridgehead atoms. The van der Waals surface area contributed by atoms with Crippen molar-refractivity contribution in [3.63, 3.8) is 0 Å². The summed E-state index contributed by atoms with van der Waals surface area (Å²) in [6, 6.07) is 22.4. The summed E-state index contributed by atoms with van der Waals surface area (Å²) in [5.74, 6) is -0.684. The lowest BCUT2D eigenvalue weighted by Crippen LogP contribution is -2.52. The number of thioether (sulfide) groups is 1. The molecule has 0 spiro atoms. The lowest BCUT2D eigenvalue weighted by molar-refractivity contribution is -0.139. The standard InChI is InChI=1S/C31H37N3O4S2/c1-23-13-15-27(16-14-23)34(40(37,38)29-19-17-28(39-3)18-20-29)22-30(35)33(21-25-9-5-4-6-10-25)24(2)31(36)32-26-11-7-8-12-26/h4-6,9-10,13-20,24,26H,7-8,11-12,21-22H2,1-3H3,(H,32,36)/t24-/m1/s1. The Morgan fingerprint density at radius 3 is 2.17 bits per heavy atom. The summed E-state index contributed by atoms with van der Waals surface area (Å²) in [6.45, 7) is 3.37. The Hall–Kier alpha value is -3.30. The summed E-state index contributed by atoms with van der Waals surface area (Å²) in [6.07, 6.45) is 5.94. The summed E-state index contributed by atoms with van der Waals surface area (Å²) in [4.78, 5) is 29.8. The van der Waals surface area contributed by atoms with Crippen LogP contribution in [0.2, 0.25) is 0 Å². The number of aryl methyl sites for hydroxylation is 1. The first-order valence-electron chi connectivity index (χ1n) is 13.6. The number of benzene rings is 3. The fraction of sp³-hybridized carbons (Fsp3) is 0.355. The maximum absolute atomic E-state index is 14.0. The third-order valence-electron chi connectivity index (χ3n) is 7.31. The van der Waals surface area contributed by atoms with E-state index < -0.39 is 28.5 Å². The summed E-state index contributed by atoms with van der Waals surface area (Å²) >= 11 is 1.52.